The van der Waals surface area contributed by atoms with Crippen LogP contribution in [0.3, 0.4) is 0 Å². The van der Waals surface area contributed by atoms with Gasteiger partial charge in [-0.05, 0) is 29.7 Å². The molecule has 11 heteroatoms. The number of carbonyl (C=O) groups is 2. The maximum atomic E-state index is 12.8. The number of ether oxygens (including phenoxy) is 8. The Morgan fingerprint density at radius 3 is 2.41 bits per heavy atom. The first kappa shape index (κ1) is 27.9. The maximum absolute atomic E-state index is 12.8. The number of nitrogens with one attached hydrogen (secondary N) is 1. The first-order valence-electron chi connectivity index (χ1n) is 12.9. The van der Waals surface area contributed by atoms with E-state index in [9.17, 15) is 9.59 Å². The van der Waals surface area contributed by atoms with E-state index in [1.54, 1.807) is 12.1 Å². The molecule has 2 aliphatic heterocycles. The van der Waals surface area contributed by atoms with E-state index in [1.807, 2.05) is 36.4 Å². The minimum absolute atomic E-state index is 0.0514. The second kappa shape index (κ2) is 12.3. The van der Waals surface area contributed by atoms with Gasteiger partial charge in [-0.2, -0.15) is 0 Å². The number of alkyl carbamates (subject to hydrolysis) is 1. The fraction of sp³-hybridized carbons (Fsp3) is 0.333. The van der Waals surface area contributed by atoms with Gasteiger partial charge in [0.2, 0.25) is 12.5 Å². The lowest BCUT2D eigenvalue weighted by Crippen LogP contribution is -2.26. The molecule has 216 valence electrons. The molecule has 0 radical (unpaired) electrons. The van der Waals surface area contributed by atoms with Crippen molar-refractivity contribution in [3.63, 3.8) is 0 Å². The highest BCUT2D eigenvalue weighted by Crippen LogP contribution is 2.59. The van der Waals surface area contributed by atoms with Gasteiger partial charge >= 0.3 is 12.1 Å². The van der Waals surface area contributed by atoms with Crippen LogP contribution in [0.15, 0.2) is 48.5 Å². The van der Waals surface area contributed by atoms with Gasteiger partial charge in [-0.1, -0.05) is 36.4 Å². The zero-order valence-corrected chi connectivity index (χ0v) is 23.2. The molecule has 1 N–H and O–H groups in total. The second-order valence-corrected chi connectivity index (χ2v) is 9.19. The third-order valence-electron chi connectivity index (χ3n) is 6.87. The molecule has 1 fully saturated rings. The van der Waals surface area contributed by atoms with E-state index in [1.165, 1.54) is 28.4 Å². The van der Waals surface area contributed by atoms with Crippen LogP contribution in [-0.2, 0) is 27.2 Å². The zero-order chi connectivity index (χ0) is 28.9. The number of rotatable bonds is 11. The molecule has 11 nitrogen and oxygen atoms in total. The summed E-state index contributed by atoms with van der Waals surface area (Å²) in [6, 6.07) is 14.7. The SMILES string of the molecule is COC(=O)c1c([C@@H]2O[C@H]2c2c(CCNC(=O)OCc3ccccc3)cc3c(c2OC)OCO3)ccc(OC)c1OC. The number of hydrogen-bond acceptors (Lipinski definition) is 10. The Balaban J connectivity index is 1.39. The molecular formula is C30H31NO10. The fourth-order valence-electron chi connectivity index (χ4n) is 4.93. The molecule has 3 aromatic carbocycles. The Morgan fingerprint density at radius 2 is 1.71 bits per heavy atom. The van der Waals surface area contributed by atoms with Gasteiger partial charge < -0.3 is 43.2 Å². The minimum Gasteiger partial charge on any atom is -0.493 e. The lowest BCUT2D eigenvalue weighted by Gasteiger charge is -2.16. The summed E-state index contributed by atoms with van der Waals surface area (Å²) < 4.78 is 44.5. The van der Waals surface area contributed by atoms with E-state index >= 15 is 0 Å². The predicted octanol–water partition coefficient (Wildman–Crippen LogP) is 4.51. The highest BCUT2D eigenvalue weighted by Gasteiger charge is 2.48. The second-order valence-electron chi connectivity index (χ2n) is 9.19. The van der Waals surface area contributed by atoms with Crippen LogP contribution in [0, 0.1) is 0 Å². The molecule has 0 saturated carbocycles. The topological polar surface area (TPSA) is 123 Å². The molecule has 0 unspecified atom stereocenters. The van der Waals surface area contributed by atoms with Gasteiger partial charge in [-0.15, -0.1) is 0 Å². The number of carbonyl (C=O) groups excluding carboxylic acids is 2. The number of benzene rings is 3. The van der Waals surface area contributed by atoms with E-state index < -0.39 is 24.3 Å². The van der Waals surface area contributed by atoms with Crippen LogP contribution in [0.5, 0.6) is 28.7 Å². The number of epoxide rings is 1. The van der Waals surface area contributed by atoms with Crippen molar-refractivity contribution in [2.75, 3.05) is 41.8 Å². The van der Waals surface area contributed by atoms with E-state index in [0.29, 0.717) is 35.0 Å². The summed E-state index contributed by atoms with van der Waals surface area (Å²) in [5, 5.41) is 2.79. The van der Waals surface area contributed by atoms with E-state index in [0.717, 1.165) is 16.7 Å². The highest BCUT2D eigenvalue weighted by atomic mass is 16.7. The highest BCUT2D eigenvalue weighted by molar-refractivity contribution is 5.95. The van der Waals surface area contributed by atoms with Crippen LogP contribution < -0.4 is 29.0 Å². The van der Waals surface area contributed by atoms with Crippen LogP contribution in [0.25, 0.3) is 0 Å². The first-order chi connectivity index (χ1) is 20.0. The van der Waals surface area contributed by atoms with Crippen LogP contribution in [0.2, 0.25) is 0 Å². The number of hydrogen-bond donors (Lipinski definition) is 1. The molecule has 0 spiro atoms. The van der Waals surface area contributed by atoms with Crippen molar-refractivity contribution >= 4 is 12.1 Å². The quantitative estimate of drug-likeness (QED) is 0.262. The van der Waals surface area contributed by atoms with Gasteiger partial charge in [-0.3, -0.25) is 0 Å². The molecule has 3 aromatic rings. The van der Waals surface area contributed by atoms with Crippen LogP contribution in [-0.4, -0.2) is 53.8 Å². The third kappa shape index (κ3) is 5.66. The zero-order valence-electron chi connectivity index (χ0n) is 23.2. The van der Waals surface area contributed by atoms with Gasteiger partial charge in [0.1, 0.15) is 24.4 Å². The van der Waals surface area contributed by atoms with E-state index in [2.05, 4.69) is 5.32 Å². The fourth-order valence-corrected chi connectivity index (χ4v) is 4.93. The van der Waals surface area contributed by atoms with Crippen molar-refractivity contribution < 1.29 is 47.5 Å². The molecule has 1 saturated heterocycles. The summed E-state index contributed by atoms with van der Waals surface area (Å²) in [5.41, 5.74) is 3.23. The van der Waals surface area contributed by atoms with E-state index in [-0.39, 0.29) is 31.3 Å². The van der Waals surface area contributed by atoms with Crippen LogP contribution in [0.4, 0.5) is 4.79 Å². The normalized spacial score (nSPS) is 16.5. The summed E-state index contributed by atoms with van der Waals surface area (Å²) in [5.74, 6) is 1.53. The third-order valence-corrected chi connectivity index (χ3v) is 6.87. The number of esters is 1. The predicted molar refractivity (Wildman–Crippen MR) is 145 cm³/mol. The molecule has 0 bridgehead atoms. The Morgan fingerprint density at radius 1 is 0.927 bits per heavy atom. The molecule has 41 heavy (non-hydrogen) atoms. The van der Waals surface area contributed by atoms with Crippen molar-refractivity contribution in [3.05, 3.63) is 76.3 Å². The number of amides is 1. The monoisotopic (exact) mass is 565 g/mol. The van der Waals surface area contributed by atoms with Crippen molar-refractivity contribution in [1.82, 2.24) is 5.32 Å². The summed E-state index contributed by atoms with van der Waals surface area (Å²) in [6.45, 7) is 0.502. The van der Waals surface area contributed by atoms with Gasteiger partial charge in [0.25, 0.3) is 0 Å². The molecule has 5 rings (SSSR count). The van der Waals surface area contributed by atoms with Crippen LogP contribution in [0.1, 0.15) is 44.8 Å². The Hall–Kier alpha value is -4.64. The maximum Gasteiger partial charge on any atom is 0.407 e. The van der Waals surface area contributed by atoms with Crippen molar-refractivity contribution in [3.8, 4) is 28.7 Å². The smallest absolute Gasteiger partial charge is 0.407 e. The Labute approximate surface area is 237 Å². The standard InChI is InChI=1S/C30H31NO10/c1-34-20-11-10-19(23(25(20)35-2)29(32)37-4)24-28(41-24)22-18(14-21-26(27(22)36-3)40-16-39-21)12-13-31-30(33)38-15-17-8-6-5-7-9-17/h5-11,14,24,28H,12-13,15-16H2,1-4H3,(H,31,33)/t24-,28-/m0/s1. The molecule has 0 aromatic heterocycles. The minimum atomic E-state index is -0.582. The summed E-state index contributed by atoms with van der Waals surface area (Å²) in [7, 11) is 5.78. The molecule has 1 amide bonds. The van der Waals surface area contributed by atoms with Gasteiger partial charge in [0.15, 0.2) is 23.0 Å². The van der Waals surface area contributed by atoms with Crippen molar-refractivity contribution in [2.45, 2.75) is 25.2 Å². The molecule has 2 aliphatic rings. The van der Waals surface area contributed by atoms with Gasteiger partial charge in [0.05, 0.1) is 28.4 Å². The lowest BCUT2D eigenvalue weighted by atomic mass is 9.93. The summed E-state index contributed by atoms with van der Waals surface area (Å²) in [4.78, 5) is 25.2. The van der Waals surface area contributed by atoms with Gasteiger partial charge in [0, 0.05) is 17.7 Å². The van der Waals surface area contributed by atoms with Crippen molar-refractivity contribution in [2.24, 2.45) is 0 Å². The summed E-state index contributed by atoms with van der Waals surface area (Å²) >= 11 is 0. The lowest BCUT2D eigenvalue weighted by molar-refractivity contribution is 0.0594. The van der Waals surface area contributed by atoms with Gasteiger partial charge in [-0.25, -0.2) is 9.59 Å². The Kier molecular flexibility index (Phi) is 8.34. The molecule has 2 atom stereocenters. The van der Waals surface area contributed by atoms with Crippen LogP contribution >= 0.6 is 0 Å². The molecule has 2 heterocycles. The molecular weight excluding hydrogens is 534 g/mol. The Bertz CT molecular complexity index is 1420. The largest absolute Gasteiger partial charge is 0.493 e. The van der Waals surface area contributed by atoms with E-state index in [4.69, 9.17) is 37.9 Å². The average Bonchev–Trinajstić information content (AvgIpc) is 3.65. The number of fused-ring (bicyclic) bond motifs is 1. The van der Waals surface area contributed by atoms with Crippen molar-refractivity contribution in [1.29, 1.82) is 0 Å². The average molecular weight is 566 g/mol. The molecule has 0 aliphatic carbocycles. The summed E-state index contributed by atoms with van der Waals surface area (Å²) in [6.07, 6.45) is -1.11. The number of methoxy groups -OCH3 is 4. The first-order valence-corrected chi connectivity index (χ1v) is 12.9.